The fourth-order valence-corrected chi connectivity index (χ4v) is 6.18. The van der Waals surface area contributed by atoms with Gasteiger partial charge in [-0.15, -0.1) is 11.3 Å². The molecule has 4 aromatic rings. The van der Waals surface area contributed by atoms with E-state index in [1.807, 2.05) is 30.3 Å². The molecule has 0 bridgehead atoms. The molecule has 0 saturated heterocycles. The first kappa shape index (κ1) is 20.2. The standard InChI is InChI=1S/C24H22N4OS2/c25-22-21-18-11-12-28(13-16-7-3-1-4-8-16)14-20(18)31-23(21)27-24(26-22)30-15-19(29)17-9-5-2-6-10-17/h1-10H,11-15H2,(H2,25,26,27)/p+1. The SMILES string of the molecule is Nc1nc(SCC(=O)c2ccccc2)nc2sc3c(c12)CC[NH+](Cc1ccccc1)C3. The van der Waals surface area contributed by atoms with Crippen molar-refractivity contribution in [3.63, 3.8) is 0 Å². The molecule has 0 saturated carbocycles. The predicted molar refractivity (Wildman–Crippen MR) is 127 cm³/mol. The third-order valence-electron chi connectivity index (χ3n) is 5.61. The van der Waals surface area contributed by atoms with Crippen molar-refractivity contribution >= 4 is 44.9 Å². The summed E-state index contributed by atoms with van der Waals surface area (Å²) in [7, 11) is 0. The van der Waals surface area contributed by atoms with Crippen LogP contribution >= 0.6 is 23.1 Å². The summed E-state index contributed by atoms with van der Waals surface area (Å²) in [5.74, 6) is 0.900. The van der Waals surface area contributed by atoms with Gasteiger partial charge in [0.1, 0.15) is 23.7 Å². The Kier molecular flexibility index (Phi) is 5.72. The van der Waals surface area contributed by atoms with Crippen LogP contribution in [0.15, 0.2) is 65.8 Å². The van der Waals surface area contributed by atoms with Crippen molar-refractivity contribution in [1.82, 2.24) is 9.97 Å². The number of rotatable bonds is 6. The summed E-state index contributed by atoms with van der Waals surface area (Å²) >= 11 is 3.07. The third kappa shape index (κ3) is 4.35. The van der Waals surface area contributed by atoms with Crippen LogP contribution in [0.4, 0.5) is 5.82 Å². The van der Waals surface area contributed by atoms with Crippen LogP contribution in [0.2, 0.25) is 0 Å². The minimum Gasteiger partial charge on any atom is -0.383 e. The number of nitrogens with zero attached hydrogens (tertiary/aromatic N) is 2. The molecule has 5 rings (SSSR count). The Morgan fingerprint density at radius 1 is 1.06 bits per heavy atom. The second-order valence-electron chi connectivity index (χ2n) is 7.74. The fraction of sp³-hybridized carbons (Fsp3) is 0.208. The topological polar surface area (TPSA) is 73.3 Å². The lowest BCUT2D eigenvalue weighted by molar-refractivity contribution is -0.929. The Balaban J connectivity index is 1.33. The fourth-order valence-electron chi connectivity index (χ4n) is 4.07. The number of nitrogen functional groups attached to an aromatic ring is 1. The lowest BCUT2D eigenvalue weighted by Crippen LogP contribution is -3.10. The summed E-state index contributed by atoms with van der Waals surface area (Å²) < 4.78 is 0. The van der Waals surface area contributed by atoms with Crippen LogP contribution in [0.1, 0.15) is 26.4 Å². The minimum atomic E-state index is 0.0681. The minimum absolute atomic E-state index is 0.0681. The van der Waals surface area contributed by atoms with Crippen molar-refractivity contribution in [1.29, 1.82) is 0 Å². The van der Waals surface area contributed by atoms with Gasteiger partial charge in [0, 0.05) is 17.5 Å². The van der Waals surface area contributed by atoms with Gasteiger partial charge in [-0.1, -0.05) is 72.4 Å². The summed E-state index contributed by atoms with van der Waals surface area (Å²) in [6.45, 7) is 3.09. The van der Waals surface area contributed by atoms with Gasteiger partial charge in [0.25, 0.3) is 0 Å². The normalized spacial score (nSPS) is 15.7. The molecule has 0 fully saturated rings. The van der Waals surface area contributed by atoms with Gasteiger partial charge in [0.15, 0.2) is 10.9 Å². The highest BCUT2D eigenvalue weighted by Crippen LogP contribution is 2.35. The molecule has 1 aliphatic rings. The molecule has 1 atom stereocenters. The number of thioether (sulfide) groups is 1. The molecule has 0 radical (unpaired) electrons. The average Bonchev–Trinajstić information content (AvgIpc) is 3.17. The monoisotopic (exact) mass is 447 g/mol. The van der Waals surface area contributed by atoms with E-state index in [1.165, 1.54) is 27.8 Å². The van der Waals surface area contributed by atoms with Gasteiger partial charge in [-0.3, -0.25) is 4.79 Å². The van der Waals surface area contributed by atoms with Crippen LogP contribution in [0.3, 0.4) is 0 Å². The molecule has 5 nitrogen and oxygen atoms in total. The van der Waals surface area contributed by atoms with Crippen molar-refractivity contribution < 1.29 is 9.69 Å². The lowest BCUT2D eigenvalue weighted by atomic mass is 10.0. The van der Waals surface area contributed by atoms with E-state index in [1.54, 1.807) is 16.2 Å². The van der Waals surface area contributed by atoms with Gasteiger partial charge in [0.2, 0.25) is 0 Å². The molecular weight excluding hydrogens is 424 g/mol. The highest BCUT2D eigenvalue weighted by atomic mass is 32.2. The number of aromatic nitrogens is 2. The van der Waals surface area contributed by atoms with E-state index in [0.29, 0.717) is 22.3 Å². The highest BCUT2D eigenvalue weighted by Gasteiger charge is 2.26. The summed E-state index contributed by atoms with van der Waals surface area (Å²) in [4.78, 5) is 25.5. The summed E-state index contributed by atoms with van der Waals surface area (Å²) in [5, 5.41) is 1.58. The third-order valence-corrected chi connectivity index (χ3v) is 7.58. The van der Waals surface area contributed by atoms with E-state index < -0.39 is 0 Å². The smallest absolute Gasteiger partial charge is 0.191 e. The molecular formula is C24H23N4OS2+. The van der Waals surface area contributed by atoms with Crippen molar-refractivity contribution in [3.8, 4) is 0 Å². The molecule has 1 unspecified atom stereocenters. The molecule has 0 spiro atoms. The summed E-state index contributed by atoms with van der Waals surface area (Å²) in [5.41, 5.74) is 9.73. The molecule has 31 heavy (non-hydrogen) atoms. The largest absolute Gasteiger partial charge is 0.383 e. The number of fused-ring (bicyclic) bond motifs is 3. The molecule has 7 heteroatoms. The Hall–Kier alpha value is -2.74. The Bertz CT molecular complexity index is 1220. The number of nitrogens with one attached hydrogen (secondary N) is 1. The van der Waals surface area contributed by atoms with E-state index in [0.717, 1.165) is 36.3 Å². The second-order valence-corrected chi connectivity index (χ2v) is 9.77. The average molecular weight is 448 g/mol. The van der Waals surface area contributed by atoms with E-state index in [-0.39, 0.29) is 5.78 Å². The quantitative estimate of drug-likeness (QED) is 0.269. The van der Waals surface area contributed by atoms with Gasteiger partial charge < -0.3 is 10.6 Å². The Morgan fingerprint density at radius 3 is 2.58 bits per heavy atom. The first-order chi connectivity index (χ1) is 15.2. The molecule has 0 aliphatic carbocycles. The van der Waals surface area contributed by atoms with Gasteiger partial charge in [-0.2, -0.15) is 0 Å². The zero-order valence-electron chi connectivity index (χ0n) is 17.0. The zero-order valence-corrected chi connectivity index (χ0v) is 18.6. The highest BCUT2D eigenvalue weighted by molar-refractivity contribution is 7.99. The maximum Gasteiger partial charge on any atom is 0.191 e. The molecule has 3 heterocycles. The number of benzene rings is 2. The molecule has 2 aromatic heterocycles. The predicted octanol–water partition coefficient (Wildman–Crippen LogP) is 3.39. The van der Waals surface area contributed by atoms with Crippen molar-refractivity contribution in [2.75, 3.05) is 18.0 Å². The molecule has 3 N–H and O–H groups in total. The second kappa shape index (κ2) is 8.78. The number of hydrogen-bond acceptors (Lipinski definition) is 6. The first-order valence-corrected chi connectivity index (χ1v) is 12.1. The van der Waals surface area contributed by atoms with Crippen LogP contribution in [-0.4, -0.2) is 28.0 Å². The van der Waals surface area contributed by atoms with Crippen molar-refractivity contribution in [3.05, 3.63) is 82.2 Å². The number of anilines is 1. The van der Waals surface area contributed by atoms with Gasteiger partial charge >= 0.3 is 0 Å². The summed E-state index contributed by atoms with van der Waals surface area (Å²) in [6.07, 6.45) is 0.990. The van der Waals surface area contributed by atoms with Crippen molar-refractivity contribution in [2.45, 2.75) is 24.7 Å². The Morgan fingerprint density at radius 2 is 1.81 bits per heavy atom. The number of carbonyl (C=O) groups is 1. The van der Waals surface area contributed by atoms with Gasteiger partial charge in [-0.05, 0) is 5.56 Å². The van der Waals surface area contributed by atoms with E-state index in [4.69, 9.17) is 10.7 Å². The molecule has 1 aliphatic heterocycles. The number of nitrogens with two attached hydrogens (primary N) is 1. The van der Waals surface area contributed by atoms with Gasteiger partial charge in [0.05, 0.1) is 22.6 Å². The molecule has 0 amide bonds. The number of hydrogen-bond donors (Lipinski definition) is 2. The van der Waals surface area contributed by atoms with E-state index in [9.17, 15) is 4.79 Å². The number of ketones is 1. The lowest BCUT2D eigenvalue weighted by Gasteiger charge is -2.24. The number of quaternary nitrogens is 1. The number of thiophene rings is 1. The van der Waals surface area contributed by atoms with Crippen LogP contribution in [-0.2, 0) is 19.5 Å². The van der Waals surface area contributed by atoms with Crippen LogP contribution in [0, 0.1) is 0 Å². The molecule has 2 aromatic carbocycles. The van der Waals surface area contributed by atoms with Crippen LogP contribution < -0.4 is 10.6 Å². The van der Waals surface area contributed by atoms with Gasteiger partial charge in [-0.25, -0.2) is 9.97 Å². The number of Topliss-reactive ketones (excluding diaryl/α,β-unsaturated/α-hetero) is 1. The van der Waals surface area contributed by atoms with Crippen LogP contribution in [0.5, 0.6) is 0 Å². The number of carbonyl (C=O) groups excluding carboxylic acids is 1. The first-order valence-electron chi connectivity index (χ1n) is 10.3. The zero-order chi connectivity index (χ0) is 21.2. The van der Waals surface area contributed by atoms with Crippen LogP contribution in [0.25, 0.3) is 10.2 Å². The Labute approximate surface area is 189 Å². The maximum absolute atomic E-state index is 12.4. The van der Waals surface area contributed by atoms with E-state index >= 15 is 0 Å². The molecule has 156 valence electrons. The van der Waals surface area contributed by atoms with Crippen molar-refractivity contribution in [2.24, 2.45) is 0 Å². The summed E-state index contributed by atoms with van der Waals surface area (Å²) in [6, 6.07) is 20.0. The van der Waals surface area contributed by atoms with E-state index in [2.05, 4.69) is 35.3 Å². The maximum atomic E-state index is 12.4.